The van der Waals surface area contributed by atoms with Gasteiger partial charge in [-0.05, 0) is 45.0 Å². The topological polar surface area (TPSA) is 83.6 Å². The standard InChI is InChI=1S/C22H22N2O5/c1-14-19(15(2)24(23-14)17-8-6-5-7-9-17)10-11-21(25)28-13-18-12-20(16(3)29-18)22(26)27-4/h5-12H,13H2,1-4H3/b11-10+. The molecule has 150 valence electrons. The van der Waals surface area contributed by atoms with Crippen molar-refractivity contribution in [2.75, 3.05) is 7.11 Å². The van der Waals surface area contributed by atoms with Gasteiger partial charge in [0.05, 0.1) is 18.5 Å². The van der Waals surface area contributed by atoms with Crippen molar-refractivity contribution < 1.29 is 23.5 Å². The maximum atomic E-state index is 12.1. The highest BCUT2D eigenvalue weighted by atomic mass is 16.5. The lowest BCUT2D eigenvalue weighted by atomic mass is 10.2. The first kappa shape index (κ1) is 20.1. The molecule has 0 unspecified atom stereocenters. The number of hydrogen-bond donors (Lipinski definition) is 0. The van der Waals surface area contributed by atoms with E-state index in [4.69, 9.17) is 9.15 Å². The average Bonchev–Trinajstić information content (AvgIpc) is 3.24. The number of nitrogens with zero attached hydrogens (tertiary/aromatic N) is 2. The zero-order chi connectivity index (χ0) is 21.0. The molecule has 2 aromatic heterocycles. The molecule has 0 bridgehead atoms. The third-order valence-electron chi connectivity index (χ3n) is 4.46. The second kappa shape index (κ2) is 8.60. The number of ether oxygens (including phenoxy) is 2. The van der Waals surface area contributed by atoms with Crippen LogP contribution in [-0.2, 0) is 20.9 Å². The van der Waals surface area contributed by atoms with E-state index < -0.39 is 11.9 Å². The van der Waals surface area contributed by atoms with Crippen molar-refractivity contribution in [2.45, 2.75) is 27.4 Å². The molecule has 29 heavy (non-hydrogen) atoms. The first-order chi connectivity index (χ1) is 13.9. The van der Waals surface area contributed by atoms with Gasteiger partial charge in [-0.3, -0.25) is 0 Å². The van der Waals surface area contributed by atoms with E-state index in [1.54, 1.807) is 13.0 Å². The summed E-state index contributed by atoms with van der Waals surface area (Å²) in [6, 6.07) is 11.3. The fraction of sp³-hybridized carbons (Fsp3) is 0.227. The number of furan rings is 1. The predicted molar refractivity (Wildman–Crippen MR) is 107 cm³/mol. The average molecular weight is 394 g/mol. The molecule has 3 rings (SSSR count). The molecule has 0 aliphatic rings. The quantitative estimate of drug-likeness (QED) is 0.465. The van der Waals surface area contributed by atoms with Crippen molar-refractivity contribution in [3.63, 3.8) is 0 Å². The van der Waals surface area contributed by atoms with Gasteiger partial charge in [-0.2, -0.15) is 5.10 Å². The molecule has 7 nitrogen and oxygen atoms in total. The summed E-state index contributed by atoms with van der Waals surface area (Å²) in [5, 5.41) is 4.54. The van der Waals surface area contributed by atoms with Gasteiger partial charge in [-0.25, -0.2) is 14.3 Å². The van der Waals surface area contributed by atoms with Gasteiger partial charge >= 0.3 is 11.9 Å². The lowest BCUT2D eigenvalue weighted by molar-refractivity contribution is -0.139. The molecule has 7 heteroatoms. The third kappa shape index (κ3) is 4.45. The number of aromatic nitrogens is 2. The number of aryl methyl sites for hydroxylation is 2. The number of benzene rings is 1. The monoisotopic (exact) mass is 394 g/mol. The largest absolute Gasteiger partial charge is 0.465 e. The van der Waals surface area contributed by atoms with E-state index in [-0.39, 0.29) is 6.61 Å². The van der Waals surface area contributed by atoms with Crippen molar-refractivity contribution in [2.24, 2.45) is 0 Å². The Hall–Kier alpha value is -3.61. The molecule has 0 atom stereocenters. The van der Waals surface area contributed by atoms with Crippen molar-refractivity contribution in [3.8, 4) is 5.69 Å². The van der Waals surface area contributed by atoms with Crippen LogP contribution in [0.3, 0.4) is 0 Å². The van der Waals surface area contributed by atoms with E-state index in [1.807, 2.05) is 48.9 Å². The number of carbonyl (C=O) groups is 2. The normalized spacial score (nSPS) is 11.0. The second-order valence-electron chi connectivity index (χ2n) is 6.45. The highest BCUT2D eigenvalue weighted by Crippen LogP contribution is 2.20. The molecule has 0 amide bonds. The van der Waals surface area contributed by atoms with Gasteiger partial charge < -0.3 is 13.9 Å². The summed E-state index contributed by atoms with van der Waals surface area (Å²) >= 11 is 0. The van der Waals surface area contributed by atoms with Crippen molar-refractivity contribution in [1.29, 1.82) is 0 Å². The Morgan fingerprint density at radius 2 is 1.90 bits per heavy atom. The Labute approximate surface area is 168 Å². The number of esters is 2. The van der Waals surface area contributed by atoms with Gasteiger partial charge in [-0.1, -0.05) is 18.2 Å². The minimum Gasteiger partial charge on any atom is -0.465 e. The number of rotatable bonds is 6. The van der Waals surface area contributed by atoms with Crippen LogP contribution in [0.15, 0.2) is 46.9 Å². The molecule has 0 saturated heterocycles. The van der Waals surface area contributed by atoms with Crippen LogP contribution in [0.5, 0.6) is 0 Å². The zero-order valence-corrected chi connectivity index (χ0v) is 16.8. The summed E-state index contributed by atoms with van der Waals surface area (Å²) in [6.07, 6.45) is 3.04. The Morgan fingerprint density at radius 1 is 1.17 bits per heavy atom. The van der Waals surface area contributed by atoms with E-state index in [0.29, 0.717) is 17.1 Å². The SMILES string of the molecule is COC(=O)c1cc(COC(=O)/C=C/c2c(C)nn(-c3ccccc3)c2C)oc1C. The molecule has 0 aliphatic carbocycles. The lowest BCUT2D eigenvalue weighted by Gasteiger charge is -2.03. The van der Waals surface area contributed by atoms with E-state index >= 15 is 0 Å². The first-order valence-corrected chi connectivity index (χ1v) is 9.04. The van der Waals surface area contributed by atoms with Gasteiger partial charge in [0.15, 0.2) is 0 Å². The predicted octanol–water partition coefficient (Wildman–Crippen LogP) is 3.93. The van der Waals surface area contributed by atoms with Gasteiger partial charge in [0, 0.05) is 17.3 Å². The molecule has 0 N–H and O–H groups in total. The van der Waals surface area contributed by atoms with Crippen LogP contribution in [0, 0.1) is 20.8 Å². The Balaban J connectivity index is 1.67. The lowest BCUT2D eigenvalue weighted by Crippen LogP contribution is -2.01. The van der Waals surface area contributed by atoms with E-state index in [1.165, 1.54) is 19.3 Å². The molecular formula is C22H22N2O5. The molecule has 0 spiro atoms. The minimum atomic E-state index is -0.523. The van der Waals surface area contributed by atoms with Crippen molar-refractivity contribution >= 4 is 18.0 Å². The van der Waals surface area contributed by atoms with Gasteiger partial charge in [-0.15, -0.1) is 0 Å². The molecule has 0 saturated carbocycles. The third-order valence-corrected chi connectivity index (χ3v) is 4.46. The van der Waals surface area contributed by atoms with Crippen LogP contribution in [0.25, 0.3) is 11.8 Å². The van der Waals surface area contributed by atoms with Crippen LogP contribution in [-0.4, -0.2) is 28.8 Å². The highest BCUT2D eigenvalue weighted by Gasteiger charge is 2.16. The maximum absolute atomic E-state index is 12.1. The summed E-state index contributed by atoms with van der Waals surface area (Å²) in [4.78, 5) is 23.7. The summed E-state index contributed by atoms with van der Waals surface area (Å²) in [5.41, 5.74) is 3.84. The molecule has 0 fully saturated rings. The van der Waals surface area contributed by atoms with Crippen LogP contribution >= 0.6 is 0 Å². The summed E-state index contributed by atoms with van der Waals surface area (Å²) < 4.78 is 17.1. The molecule has 3 aromatic rings. The summed E-state index contributed by atoms with van der Waals surface area (Å²) in [5.74, 6) is -0.234. The molecule has 0 aliphatic heterocycles. The smallest absolute Gasteiger partial charge is 0.341 e. The first-order valence-electron chi connectivity index (χ1n) is 9.04. The number of methoxy groups -OCH3 is 1. The molecule has 1 aromatic carbocycles. The fourth-order valence-electron chi connectivity index (χ4n) is 2.99. The van der Waals surface area contributed by atoms with E-state index in [2.05, 4.69) is 9.84 Å². The second-order valence-corrected chi connectivity index (χ2v) is 6.45. The summed E-state index contributed by atoms with van der Waals surface area (Å²) in [7, 11) is 1.29. The van der Waals surface area contributed by atoms with Gasteiger partial charge in [0.1, 0.15) is 23.7 Å². The Kier molecular flexibility index (Phi) is 5.97. The Morgan fingerprint density at radius 3 is 2.59 bits per heavy atom. The van der Waals surface area contributed by atoms with Crippen LogP contribution in [0.2, 0.25) is 0 Å². The van der Waals surface area contributed by atoms with E-state index in [0.717, 1.165) is 22.6 Å². The highest BCUT2D eigenvalue weighted by molar-refractivity contribution is 5.90. The molecule has 2 heterocycles. The van der Waals surface area contributed by atoms with Gasteiger partial charge in [0.2, 0.25) is 0 Å². The maximum Gasteiger partial charge on any atom is 0.341 e. The molecule has 0 radical (unpaired) electrons. The van der Waals surface area contributed by atoms with Crippen molar-refractivity contribution in [1.82, 2.24) is 9.78 Å². The van der Waals surface area contributed by atoms with Crippen LogP contribution in [0.1, 0.15) is 38.8 Å². The summed E-state index contributed by atoms with van der Waals surface area (Å²) in [6.45, 7) is 5.39. The van der Waals surface area contributed by atoms with Crippen LogP contribution < -0.4 is 0 Å². The number of carbonyl (C=O) groups excluding carboxylic acids is 2. The number of para-hydroxylation sites is 1. The van der Waals surface area contributed by atoms with Crippen LogP contribution in [0.4, 0.5) is 0 Å². The fourth-order valence-corrected chi connectivity index (χ4v) is 2.99. The zero-order valence-electron chi connectivity index (χ0n) is 16.8. The van der Waals surface area contributed by atoms with Gasteiger partial charge in [0.25, 0.3) is 0 Å². The molecular weight excluding hydrogens is 372 g/mol. The van der Waals surface area contributed by atoms with Crippen molar-refractivity contribution in [3.05, 3.63) is 76.5 Å². The minimum absolute atomic E-state index is 0.0811. The number of hydrogen-bond acceptors (Lipinski definition) is 6. The Bertz CT molecular complexity index is 1060. The van der Waals surface area contributed by atoms with E-state index in [9.17, 15) is 9.59 Å².